The quantitative estimate of drug-likeness (QED) is 0.799. The minimum absolute atomic E-state index is 0.0840. The molecule has 0 aliphatic carbocycles. The molecule has 5 nitrogen and oxygen atoms in total. The van der Waals surface area contributed by atoms with Crippen LogP contribution in [-0.4, -0.2) is 27.7 Å². The molecular weight excluding hydrogens is 271 g/mol. The molecule has 3 N–H and O–H groups in total. The molecule has 19 heavy (non-hydrogen) atoms. The van der Waals surface area contributed by atoms with E-state index in [0.29, 0.717) is 6.42 Å². The maximum atomic E-state index is 13.6. The fourth-order valence-corrected chi connectivity index (χ4v) is 3.34. The number of nitrogens with one attached hydrogen (secondary N) is 1. The molecule has 106 valence electrons. The summed E-state index contributed by atoms with van der Waals surface area (Å²) in [5.41, 5.74) is 5.42. The third kappa shape index (κ3) is 3.43. The Morgan fingerprint density at radius 2 is 2.26 bits per heavy atom. The van der Waals surface area contributed by atoms with Crippen molar-refractivity contribution in [1.82, 2.24) is 4.72 Å². The van der Waals surface area contributed by atoms with Crippen LogP contribution in [0.3, 0.4) is 0 Å². The number of nitrogen functional groups attached to an aromatic ring is 1. The number of hydrogen-bond acceptors (Lipinski definition) is 4. The molecule has 1 aliphatic heterocycles. The van der Waals surface area contributed by atoms with Crippen molar-refractivity contribution in [2.75, 3.05) is 18.9 Å². The van der Waals surface area contributed by atoms with Crippen LogP contribution in [0.15, 0.2) is 23.1 Å². The normalized spacial score (nSPS) is 19.7. The van der Waals surface area contributed by atoms with Crippen molar-refractivity contribution < 1.29 is 17.5 Å². The van der Waals surface area contributed by atoms with Crippen molar-refractivity contribution in [3.05, 3.63) is 24.0 Å². The van der Waals surface area contributed by atoms with E-state index in [1.807, 2.05) is 0 Å². The first-order chi connectivity index (χ1) is 9.00. The van der Waals surface area contributed by atoms with Crippen molar-refractivity contribution in [3.63, 3.8) is 0 Å². The molecule has 1 aromatic carbocycles. The van der Waals surface area contributed by atoms with Gasteiger partial charge in [-0.1, -0.05) is 6.07 Å². The van der Waals surface area contributed by atoms with Crippen LogP contribution in [0, 0.1) is 5.82 Å². The first kappa shape index (κ1) is 14.2. The second kappa shape index (κ2) is 5.85. The van der Waals surface area contributed by atoms with E-state index in [4.69, 9.17) is 10.5 Å². The first-order valence-electron chi connectivity index (χ1n) is 6.16. The molecule has 0 radical (unpaired) electrons. The van der Waals surface area contributed by atoms with E-state index in [0.717, 1.165) is 25.5 Å². The second-order valence-corrected chi connectivity index (χ2v) is 6.18. The lowest BCUT2D eigenvalue weighted by atomic mass is 10.2. The number of hydrogen-bond donors (Lipinski definition) is 2. The van der Waals surface area contributed by atoms with Gasteiger partial charge in [0.15, 0.2) is 0 Å². The third-order valence-corrected chi connectivity index (χ3v) is 4.60. The van der Waals surface area contributed by atoms with Gasteiger partial charge >= 0.3 is 0 Å². The number of rotatable bonds is 5. The monoisotopic (exact) mass is 288 g/mol. The Kier molecular flexibility index (Phi) is 4.38. The van der Waals surface area contributed by atoms with Gasteiger partial charge in [0, 0.05) is 13.2 Å². The number of anilines is 1. The molecule has 1 unspecified atom stereocenters. The SMILES string of the molecule is Nc1cccc(F)c1S(=O)(=O)NCCC1CCCO1. The van der Waals surface area contributed by atoms with Gasteiger partial charge in [-0.3, -0.25) is 0 Å². The maximum Gasteiger partial charge on any atom is 0.245 e. The predicted octanol–water partition coefficient (Wildman–Crippen LogP) is 1.26. The molecule has 0 bridgehead atoms. The van der Waals surface area contributed by atoms with Crippen LogP contribution in [-0.2, 0) is 14.8 Å². The Balaban J connectivity index is 2.01. The summed E-state index contributed by atoms with van der Waals surface area (Å²) >= 11 is 0. The summed E-state index contributed by atoms with van der Waals surface area (Å²) in [6.45, 7) is 0.929. The minimum atomic E-state index is -3.92. The molecule has 0 spiro atoms. The molecule has 1 fully saturated rings. The van der Waals surface area contributed by atoms with Crippen molar-refractivity contribution in [2.24, 2.45) is 0 Å². The van der Waals surface area contributed by atoms with Gasteiger partial charge in [0.25, 0.3) is 0 Å². The van der Waals surface area contributed by atoms with Crippen LogP contribution in [0.25, 0.3) is 0 Å². The fourth-order valence-electron chi connectivity index (χ4n) is 2.11. The number of sulfonamides is 1. The average Bonchev–Trinajstić information content (AvgIpc) is 2.81. The van der Waals surface area contributed by atoms with Gasteiger partial charge in [-0.05, 0) is 31.4 Å². The van der Waals surface area contributed by atoms with Crippen LogP contribution in [0.1, 0.15) is 19.3 Å². The number of ether oxygens (including phenoxy) is 1. The summed E-state index contributed by atoms with van der Waals surface area (Å²) < 4.78 is 45.2. The molecule has 0 saturated carbocycles. The van der Waals surface area contributed by atoms with E-state index < -0.39 is 20.7 Å². The Hall–Kier alpha value is -1.18. The molecule has 1 aliphatic rings. The van der Waals surface area contributed by atoms with Crippen molar-refractivity contribution >= 4 is 15.7 Å². The van der Waals surface area contributed by atoms with Gasteiger partial charge in [0.05, 0.1) is 11.8 Å². The fraction of sp³-hybridized carbons (Fsp3) is 0.500. The van der Waals surface area contributed by atoms with Gasteiger partial charge in [-0.15, -0.1) is 0 Å². The summed E-state index contributed by atoms with van der Waals surface area (Å²) in [5, 5.41) is 0. The predicted molar refractivity (Wildman–Crippen MR) is 69.6 cm³/mol. The van der Waals surface area contributed by atoms with Crippen LogP contribution in [0.4, 0.5) is 10.1 Å². The molecule has 0 aromatic heterocycles. The molecule has 7 heteroatoms. The van der Waals surface area contributed by atoms with Gasteiger partial charge in [0.2, 0.25) is 10.0 Å². The van der Waals surface area contributed by atoms with Crippen molar-refractivity contribution in [3.8, 4) is 0 Å². The Morgan fingerprint density at radius 3 is 2.89 bits per heavy atom. The highest BCUT2D eigenvalue weighted by Crippen LogP contribution is 2.21. The average molecular weight is 288 g/mol. The van der Waals surface area contributed by atoms with Crippen molar-refractivity contribution in [2.45, 2.75) is 30.3 Å². The minimum Gasteiger partial charge on any atom is -0.398 e. The number of halogens is 1. The molecule has 2 rings (SSSR count). The zero-order valence-electron chi connectivity index (χ0n) is 10.4. The first-order valence-corrected chi connectivity index (χ1v) is 7.64. The summed E-state index contributed by atoms with van der Waals surface area (Å²) in [5.74, 6) is -0.843. The summed E-state index contributed by atoms with van der Waals surface area (Å²) in [6, 6.07) is 3.80. The molecule has 0 amide bonds. The van der Waals surface area contributed by atoms with Crippen molar-refractivity contribution in [1.29, 1.82) is 0 Å². The number of benzene rings is 1. The highest BCUT2D eigenvalue weighted by atomic mass is 32.2. The van der Waals surface area contributed by atoms with E-state index in [2.05, 4.69) is 4.72 Å². The van der Waals surface area contributed by atoms with Crippen LogP contribution >= 0.6 is 0 Å². The lowest BCUT2D eigenvalue weighted by molar-refractivity contribution is 0.105. The van der Waals surface area contributed by atoms with E-state index in [1.165, 1.54) is 12.1 Å². The van der Waals surface area contributed by atoms with Crippen LogP contribution < -0.4 is 10.5 Å². The topological polar surface area (TPSA) is 81.4 Å². The second-order valence-electron chi connectivity index (χ2n) is 4.48. The van der Waals surface area contributed by atoms with Gasteiger partial charge in [-0.2, -0.15) is 0 Å². The Morgan fingerprint density at radius 1 is 1.47 bits per heavy atom. The van der Waals surface area contributed by atoms with Crippen LogP contribution in [0.5, 0.6) is 0 Å². The van der Waals surface area contributed by atoms with Crippen LogP contribution in [0.2, 0.25) is 0 Å². The summed E-state index contributed by atoms with van der Waals surface area (Å²) in [7, 11) is -3.92. The smallest absolute Gasteiger partial charge is 0.245 e. The number of nitrogens with two attached hydrogens (primary N) is 1. The zero-order chi connectivity index (χ0) is 13.9. The highest BCUT2D eigenvalue weighted by molar-refractivity contribution is 7.89. The molecule has 1 saturated heterocycles. The molecule has 1 heterocycles. The molecule has 1 atom stereocenters. The van der Waals surface area contributed by atoms with Gasteiger partial charge in [0.1, 0.15) is 10.7 Å². The lowest BCUT2D eigenvalue weighted by Gasteiger charge is -2.12. The van der Waals surface area contributed by atoms with Gasteiger partial charge < -0.3 is 10.5 Å². The zero-order valence-corrected chi connectivity index (χ0v) is 11.2. The molecule has 1 aromatic rings. The summed E-state index contributed by atoms with van der Waals surface area (Å²) in [4.78, 5) is -0.484. The standard InChI is InChI=1S/C12H17FN2O3S/c13-10-4-1-5-11(14)12(10)19(16,17)15-7-6-9-3-2-8-18-9/h1,4-5,9,15H,2-3,6-8,14H2. The summed E-state index contributed by atoms with van der Waals surface area (Å²) in [6.07, 6.45) is 2.59. The van der Waals surface area contributed by atoms with E-state index in [1.54, 1.807) is 0 Å². The maximum absolute atomic E-state index is 13.6. The van der Waals surface area contributed by atoms with Gasteiger partial charge in [-0.25, -0.2) is 17.5 Å². The van der Waals surface area contributed by atoms with E-state index in [-0.39, 0.29) is 18.3 Å². The largest absolute Gasteiger partial charge is 0.398 e. The third-order valence-electron chi connectivity index (χ3n) is 3.05. The highest BCUT2D eigenvalue weighted by Gasteiger charge is 2.23. The Labute approximate surface area is 112 Å². The Bertz CT molecular complexity index is 522. The van der Waals surface area contributed by atoms with E-state index >= 15 is 0 Å². The lowest BCUT2D eigenvalue weighted by Crippen LogP contribution is -2.28. The van der Waals surface area contributed by atoms with E-state index in [9.17, 15) is 12.8 Å². The molecular formula is C12H17FN2O3S.